The van der Waals surface area contributed by atoms with Crippen LogP contribution in [0.4, 0.5) is 8.78 Å². The number of hydrogen-bond acceptors (Lipinski definition) is 3. The SMILES string of the molecule is NC(=O)c1ccc(F)nc1F.O=C(O)c1ccccc1. The second kappa shape index (κ2) is 6.93. The number of nitrogens with zero attached hydrogens (tertiary/aromatic N) is 1. The lowest BCUT2D eigenvalue weighted by atomic mass is 10.2. The lowest BCUT2D eigenvalue weighted by Gasteiger charge is -1.94. The zero-order valence-corrected chi connectivity index (χ0v) is 10.1. The number of rotatable bonds is 2. The van der Waals surface area contributed by atoms with Crippen LogP contribution >= 0.6 is 0 Å². The van der Waals surface area contributed by atoms with Crippen molar-refractivity contribution in [3.63, 3.8) is 0 Å². The molecule has 1 aromatic heterocycles. The molecule has 2 aromatic rings. The molecule has 2 rings (SSSR count). The van der Waals surface area contributed by atoms with E-state index in [0.717, 1.165) is 12.1 Å². The highest BCUT2D eigenvalue weighted by atomic mass is 19.1. The van der Waals surface area contributed by atoms with E-state index in [1.165, 1.54) is 0 Å². The quantitative estimate of drug-likeness (QED) is 0.821. The summed E-state index contributed by atoms with van der Waals surface area (Å²) in [6.45, 7) is 0. The number of carboxylic acid groups (broad SMARTS) is 1. The van der Waals surface area contributed by atoms with Crippen molar-refractivity contribution in [2.75, 3.05) is 0 Å². The van der Waals surface area contributed by atoms with Gasteiger partial charge in [-0.05, 0) is 24.3 Å². The molecule has 0 aliphatic heterocycles. The van der Waals surface area contributed by atoms with Crippen LogP contribution in [-0.2, 0) is 0 Å². The van der Waals surface area contributed by atoms with Crippen LogP contribution in [0.1, 0.15) is 20.7 Å². The Morgan fingerprint density at radius 2 is 1.65 bits per heavy atom. The van der Waals surface area contributed by atoms with Gasteiger partial charge in [0.1, 0.15) is 0 Å². The number of carbonyl (C=O) groups excluding carboxylic acids is 1. The van der Waals surface area contributed by atoms with Crippen LogP contribution in [0.3, 0.4) is 0 Å². The van der Waals surface area contributed by atoms with Crippen LogP contribution in [0.5, 0.6) is 0 Å². The highest BCUT2D eigenvalue weighted by molar-refractivity contribution is 5.92. The molecular formula is C13H10F2N2O3. The van der Waals surface area contributed by atoms with E-state index < -0.39 is 29.3 Å². The van der Waals surface area contributed by atoms with Gasteiger partial charge in [-0.1, -0.05) is 18.2 Å². The van der Waals surface area contributed by atoms with Crippen LogP contribution in [0.25, 0.3) is 0 Å². The minimum atomic E-state index is -1.18. The number of aromatic nitrogens is 1. The third kappa shape index (κ3) is 4.45. The molecule has 0 spiro atoms. The Balaban J connectivity index is 0.000000204. The van der Waals surface area contributed by atoms with E-state index in [1.807, 2.05) is 0 Å². The first-order valence-corrected chi connectivity index (χ1v) is 5.32. The number of pyridine rings is 1. The average Bonchev–Trinajstić information content (AvgIpc) is 2.40. The van der Waals surface area contributed by atoms with E-state index in [-0.39, 0.29) is 0 Å². The smallest absolute Gasteiger partial charge is 0.335 e. The fraction of sp³-hybridized carbons (Fsp3) is 0. The molecule has 0 aliphatic rings. The molecule has 0 saturated heterocycles. The first kappa shape index (κ1) is 15.2. The number of primary amides is 1. The Morgan fingerprint density at radius 3 is 2.05 bits per heavy atom. The summed E-state index contributed by atoms with van der Waals surface area (Å²) in [6.07, 6.45) is 0. The van der Waals surface area contributed by atoms with Crippen molar-refractivity contribution in [1.29, 1.82) is 0 Å². The highest BCUT2D eigenvalue weighted by Gasteiger charge is 2.09. The molecule has 0 bridgehead atoms. The van der Waals surface area contributed by atoms with Gasteiger partial charge in [-0.25, -0.2) is 4.79 Å². The van der Waals surface area contributed by atoms with E-state index in [1.54, 1.807) is 30.3 Å². The van der Waals surface area contributed by atoms with E-state index in [0.29, 0.717) is 5.56 Å². The zero-order valence-electron chi connectivity index (χ0n) is 10.1. The maximum Gasteiger partial charge on any atom is 0.335 e. The van der Waals surface area contributed by atoms with Crippen molar-refractivity contribution in [2.24, 2.45) is 5.73 Å². The topological polar surface area (TPSA) is 93.3 Å². The second-order valence-corrected chi connectivity index (χ2v) is 3.51. The normalized spacial score (nSPS) is 9.30. The Morgan fingerprint density at radius 1 is 1.05 bits per heavy atom. The minimum Gasteiger partial charge on any atom is -0.478 e. The van der Waals surface area contributed by atoms with Crippen molar-refractivity contribution in [2.45, 2.75) is 0 Å². The summed E-state index contributed by atoms with van der Waals surface area (Å²) in [7, 11) is 0. The zero-order chi connectivity index (χ0) is 15.1. The summed E-state index contributed by atoms with van der Waals surface area (Å²) < 4.78 is 24.6. The molecule has 0 unspecified atom stereocenters. The van der Waals surface area contributed by atoms with Crippen molar-refractivity contribution in [3.05, 3.63) is 65.5 Å². The van der Waals surface area contributed by atoms with Gasteiger partial charge in [0.25, 0.3) is 5.91 Å². The summed E-state index contributed by atoms with van der Waals surface area (Å²) in [5.74, 6) is -4.00. The molecule has 1 aromatic carbocycles. The lowest BCUT2D eigenvalue weighted by Crippen LogP contribution is -2.14. The van der Waals surface area contributed by atoms with Gasteiger partial charge in [0.2, 0.25) is 11.9 Å². The predicted molar refractivity (Wildman–Crippen MR) is 66.1 cm³/mol. The maximum absolute atomic E-state index is 12.4. The van der Waals surface area contributed by atoms with Crippen LogP contribution in [0.15, 0.2) is 42.5 Å². The monoisotopic (exact) mass is 280 g/mol. The fourth-order valence-corrected chi connectivity index (χ4v) is 1.18. The van der Waals surface area contributed by atoms with Crippen molar-refractivity contribution >= 4 is 11.9 Å². The van der Waals surface area contributed by atoms with Gasteiger partial charge < -0.3 is 10.8 Å². The van der Waals surface area contributed by atoms with Crippen molar-refractivity contribution in [1.82, 2.24) is 4.98 Å². The molecule has 3 N–H and O–H groups in total. The van der Waals surface area contributed by atoms with Gasteiger partial charge in [0.05, 0.1) is 11.1 Å². The molecule has 0 saturated carbocycles. The molecule has 7 heteroatoms. The molecule has 5 nitrogen and oxygen atoms in total. The molecule has 0 radical (unpaired) electrons. The highest BCUT2D eigenvalue weighted by Crippen LogP contribution is 2.03. The van der Waals surface area contributed by atoms with Gasteiger partial charge in [-0.15, -0.1) is 0 Å². The second-order valence-electron chi connectivity index (χ2n) is 3.51. The average molecular weight is 280 g/mol. The molecule has 1 heterocycles. The van der Waals surface area contributed by atoms with Crippen LogP contribution < -0.4 is 5.73 Å². The molecule has 0 fully saturated rings. The van der Waals surface area contributed by atoms with Crippen LogP contribution in [0, 0.1) is 11.9 Å². The summed E-state index contributed by atoms with van der Waals surface area (Å²) in [6, 6.07) is 10.1. The molecule has 0 aliphatic carbocycles. The van der Waals surface area contributed by atoms with Crippen molar-refractivity contribution in [3.8, 4) is 0 Å². The largest absolute Gasteiger partial charge is 0.478 e. The van der Waals surface area contributed by atoms with E-state index in [4.69, 9.17) is 10.8 Å². The number of aromatic carboxylic acids is 1. The molecule has 0 atom stereocenters. The van der Waals surface area contributed by atoms with Gasteiger partial charge in [0, 0.05) is 0 Å². The Bertz CT molecular complexity index is 618. The summed E-state index contributed by atoms with van der Waals surface area (Å²) in [4.78, 5) is 23.3. The number of nitrogens with two attached hydrogens (primary N) is 1. The minimum absolute atomic E-state index is 0.331. The number of carbonyl (C=O) groups is 2. The molecular weight excluding hydrogens is 270 g/mol. The lowest BCUT2D eigenvalue weighted by molar-refractivity contribution is 0.0696. The standard InChI is InChI=1S/C7H6O2.C6H4F2N2O/c8-7(9)6-4-2-1-3-5-6;7-4-2-1-3(6(9)11)5(8)10-4/h1-5H,(H,8,9);1-2H,(H2,9,11). The number of benzene rings is 1. The number of carboxylic acids is 1. The van der Waals surface area contributed by atoms with E-state index >= 15 is 0 Å². The molecule has 20 heavy (non-hydrogen) atoms. The summed E-state index contributed by atoms with van der Waals surface area (Å²) in [5.41, 5.74) is 4.64. The Hall–Kier alpha value is -2.83. The van der Waals surface area contributed by atoms with Crippen LogP contribution in [-0.4, -0.2) is 22.0 Å². The number of amides is 1. The van der Waals surface area contributed by atoms with Gasteiger partial charge in [-0.3, -0.25) is 4.79 Å². The molecule has 1 amide bonds. The van der Waals surface area contributed by atoms with Gasteiger partial charge in [-0.2, -0.15) is 13.8 Å². The van der Waals surface area contributed by atoms with Crippen LogP contribution in [0.2, 0.25) is 0 Å². The summed E-state index contributed by atoms with van der Waals surface area (Å²) in [5, 5.41) is 8.38. The third-order valence-electron chi connectivity index (χ3n) is 2.10. The number of hydrogen-bond donors (Lipinski definition) is 2. The first-order valence-electron chi connectivity index (χ1n) is 5.32. The van der Waals surface area contributed by atoms with E-state index in [2.05, 4.69) is 4.98 Å². The maximum atomic E-state index is 12.4. The third-order valence-corrected chi connectivity index (χ3v) is 2.10. The first-order chi connectivity index (χ1) is 9.41. The fourth-order valence-electron chi connectivity index (χ4n) is 1.18. The van der Waals surface area contributed by atoms with E-state index in [9.17, 15) is 18.4 Å². The van der Waals surface area contributed by atoms with Gasteiger partial charge in [0.15, 0.2) is 0 Å². The van der Waals surface area contributed by atoms with Crippen molar-refractivity contribution < 1.29 is 23.5 Å². The predicted octanol–water partition coefficient (Wildman–Crippen LogP) is 1.84. The molecule has 104 valence electrons. The Kier molecular flexibility index (Phi) is 5.28. The van der Waals surface area contributed by atoms with Gasteiger partial charge >= 0.3 is 5.97 Å². The number of halogens is 2. The Labute approximate surface area is 112 Å². The summed E-state index contributed by atoms with van der Waals surface area (Å²) >= 11 is 0.